The summed E-state index contributed by atoms with van der Waals surface area (Å²) in [5, 5.41) is 6.97. The first-order chi connectivity index (χ1) is 15.1. The molecule has 1 heterocycles. The lowest BCUT2D eigenvalue weighted by Crippen LogP contribution is -2.50. The minimum atomic E-state index is 0.486. The van der Waals surface area contributed by atoms with Crippen molar-refractivity contribution >= 4 is 5.96 Å². The Morgan fingerprint density at radius 2 is 1.87 bits per heavy atom. The van der Waals surface area contributed by atoms with Crippen molar-refractivity contribution < 1.29 is 14.2 Å². The van der Waals surface area contributed by atoms with Crippen molar-refractivity contribution in [2.45, 2.75) is 46.4 Å². The summed E-state index contributed by atoms with van der Waals surface area (Å²) in [5.74, 6) is 1.49. The number of hydrogen-bond donors (Lipinski definition) is 2. The fourth-order valence-electron chi connectivity index (χ4n) is 3.75. The molecule has 176 valence electrons. The van der Waals surface area contributed by atoms with E-state index in [1.807, 2.05) is 14.0 Å². The molecule has 1 aromatic carbocycles. The monoisotopic (exact) mass is 434 g/mol. The Morgan fingerprint density at radius 3 is 2.58 bits per heavy atom. The van der Waals surface area contributed by atoms with Crippen molar-refractivity contribution in [1.82, 2.24) is 15.5 Å². The van der Waals surface area contributed by atoms with Crippen LogP contribution in [-0.4, -0.2) is 76.6 Å². The molecule has 7 nitrogen and oxygen atoms in total. The number of morpholine rings is 1. The molecule has 1 unspecified atom stereocenters. The topological polar surface area (TPSA) is 67.4 Å². The van der Waals surface area contributed by atoms with Gasteiger partial charge in [0, 0.05) is 45.9 Å². The highest BCUT2D eigenvalue weighted by molar-refractivity contribution is 5.79. The summed E-state index contributed by atoms with van der Waals surface area (Å²) in [5.41, 5.74) is 2.38. The number of nitrogens with zero attached hydrogens (tertiary/aromatic N) is 2. The molecular formula is C24H42N4O3. The van der Waals surface area contributed by atoms with E-state index in [1.54, 1.807) is 0 Å². The van der Waals surface area contributed by atoms with Gasteiger partial charge in [0.25, 0.3) is 0 Å². The third-order valence-electron chi connectivity index (χ3n) is 5.33. The van der Waals surface area contributed by atoms with Crippen molar-refractivity contribution in [1.29, 1.82) is 0 Å². The fourth-order valence-corrected chi connectivity index (χ4v) is 3.75. The van der Waals surface area contributed by atoms with E-state index in [4.69, 9.17) is 14.2 Å². The van der Waals surface area contributed by atoms with Crippen molar-refractivity contribution in [3.8, 4) is 0 Å². The molecule has 1 aliphatic rings. The Bertz CT molecular complexity index is 633. The summed E-state index contributed by atoms with van der Waals surface area (Å²) < 4.78 is 16.5. The molecule has 7 heteroatoms. The van der Waals surface area contributed by atoms with Crippen LogP contribution in [0.3, 0.4) is 0 Å². The smallest absolute Gasteiger partial charge is 0.191 e. The number of rotatable bonds is 13. The average Bonchev–Trinajstić information content (AvgIpc) is 2.79. The third kappa shape index (κ3) is 10.5. The van der Waals surface area contributed by atoms with E-state index < -0.39 is 0 Å². The molecule has 2 rings (SSSR count). The van der Waals surface area contributed by atoms with E-state index in [-0.39, 0.29) is 0 Å². The quantitative estimate of drug-likeness (QED) is 0.283. The van der Waals surface area contributed by atoms with Gasteiger partial charge in [-0.05, 0) is 30.4 Å². The standard InChI is InChI=1S/C24H42N4O3/c1-5-29-13-14-31-19-22-8-6-7-21(16-22)17-26-24(25-4)27-18-23(15-20(2)3)28-9-11-30-12-10-28/h6-8,16,20,23H,5,9-15,17-19H2,1-4H3,(H2,25,26,27). The summed E-state index contributed by atoms with van der Waals surface area (Å²) in [6.45, 7) is 14.4. The maximum atomic E-state index is 5.68. The van der Waals surface area contributed by atoms with E-state index in [9.17, 15) is 0 Å². The van der Waals surface area contributed by atoms with E-state index in [0.717, 1.165) is 58.4 Å². The van der Waals surface area contributed by atoms with Gasteiger partial charge in [0.2, 0.25) is 0 Å². The lowest BCUT2D eigenvalue weighted by atomic mass is 10.0. The number of aliphatic imine (C=N–C) groups is 1. The van der Waals surface area contributed by atoms with Gasteiger partial charge >= 0.3 is 0 Å². The molecule has 0 radical (unpaired) electrons. The highest BCUT2D eigenvalue weighted by atomic mass is 16.5. The Morgan fingerprint density at radius 1 is 1.13 bits per heavy atom. The van der Waals surface area contributed by atoms with Crippen LogP contribution in [0.4, 0.5) is 0 Å². The Balaban J connectivity index is 1.79. The maximum absolute atomic E-state index is 5.68. The number of benzene rings is 1. The van der Waals surface area contributed by atoms with Crippen LogP contribution >= 0.6 is 0 Å². The lowest BCUT2D eigenvalue weighted by Gasteiger charge is -2.35. The second kappa shape index (κ2) is 15.2. The molecule has 0 amide bonds. The molecule has 1 fully saturated rings. The Kier molecular flexibility index (Phi) is 12.5. The van der Waals surface area contributed by atoms with E-state index >= 15 is 0 Å². The Labute approximate surface area is 188 Å². The number of ether oxygens (including phenoxy) is 3. The summed E-state index contributed by atoms with van der Waals surface area (Å²) >= 11 is 0. The second-order valence-electron chi connectivity index (χ2n) is 8.31. The van der Waals surface area contributed by atoms with E-state index in [0.29, 0.717) is 31.8 Å². The van der Waals surface area contributed by atoms with Gasteiger partial charge in [0.05, 0.1) is 33.0 Å². The molecule has 31 heavy (non-hydrogen) atoms. The van der Waals surface area contributed by atoms with Crippen LogP contribution in [0, 0.1) is 5.92 Å². The summed E-state index contributed by atoms with van der Waals surface area (Å²) in [6.07, 6.45) is 1.16. The van der Waals surface area contributed by atoms with Crippen molar-refractivity contribution in [3.63, 3.8) is 0 Å². The molecule has 0 bridgehead atoms. The van der Waals surface area contributed by atoms with Gasteiger partial charge < -0.3 is 24.8 Å². The summed E-state index contributed by atoms with van der Waals surface area (Å²) in [4.78, 5) is 6.95. The van der Waals surface area contributed by atoms with Gasteiger partial charge in [-0.3, -0.25) is 9.89 Å². The molecule has 0 saturated carbocycles. The molecule has 1 aliphatic heterocycles. The third-order valence-corrected chi connectivity index (χ3v) is 5.33. The van der Waals surface area contributed by atoms with Crippen LogP contribution in [0.15, 0.2) is 29.3 Å². The summed E-state index contributed by atoms with van der Waals surface area (Å²) in [6, 6.07) is 8.96. The molecular weight excluding hydrogens is 392 g/mol. The number of hydrogen-bond acceptors (Lipinski definition) is 5. The van der Waals surface area contributed by atoms with Gasteiger partial charge in [-0.15, -0.1) is 0 Å². The van der Waals surface area contributed by atoms with Crippen molar-refractivity contribution in [3.05, 3.63) is 35.4 Å². The van der Waals surface area contributed by atoms with Crippen LogP contribution in [-0.2, 0) is 27.4 Å². The van der Waals surface area contributed by atoms with Crippen LogP contribution in [0.2, 0.25) is 0 Å². The van der Waals surface area contributed by atoms with Crippen LogP contribution in [0.25, 0.3) is 0 Å². The van der Waals surface area contributed by atoms with Gasteiger partial charge in [0.15, 0.2) is 5.96 Å². The first kappa shape index (κ1) is 25.6. The number of guanidine groups is 1. The van der Waals surface area contributed by atoms with Crippen LogP contribution in [0.5, 0.6) is 0 Å². The maximum Gasteiger partial charge on any atom is 0.191 e. The Hall–Kier alpha value is -1.67. The van der Waals surface area contributed by atoms with Crippen LogP contribution < -0.4 is 10.6 Å². The fraction of sp³-hybridized carbons (Fsp3) is 0.708. The lowest BCUT2D eigenvalue weighted by molar-refractivity contribution is 0.0132. The zero-order valence-electron chi connectivity index (χ0n) is 19.9. The average molecular weight is 435 g/mol. The zero-order valence-corrected chi connectivity index (χ0v) is 19.9. The molecule has 1 aromatic rings. The first-order valence-corrected chi connectivity index (χ1v) is 11.6. The van der Waals surface area contributed by atoms with Crippen LogP contribution in [0.1, 0.15) is 38.3 Å². The van der Waals surface area contributed by atoms with Crippen molar-refractivity contribution in [2.24, 2.45) is 10.9 Å². The summed E-state index contributed by atoms with van der Waals surface area (Å²) in [7, 11) is 1.82. The zero-order chi connectivity index (χ0) is 22.3. The molecule has 1 atom stereocenters. The van der Waals surface area contributed by atoms with E-state index in [1.165, 1.54) is 11.1 Å². The normalized spacial score (nSPS) is 16.5. The first-order valence-electron chi connectivity index (χ1n) is 11.6. The predicted molar refractivity (Wildman–Crippen MR) is 126 cm³/mol. The predicted octanol–water partition coefficient (Wildman–Crippen LogP) is 2.65. The van der Waals surface area contributed by atoms with Crippen molar-refractivity contribution in [2.75, 3.05) is 59.7 Å². The molecule has 0 aromatic heterocycles. The second-order valence-corrected chi connectivity index (χ2v) is 8.31. The molecule has 1 saturated heterocycles. The number of nitrogens with one attached hydrogen (secondary N) is 2. The highest BCUT2D eigenvalue weighted by Gasteiger charge is 2.22. The minimum Gasteiger partial charge on any atom is -0.379 e. The molecule has 0 spiro atoms. The van der Waals surface area contributed by atoms with Gasteiger partial charge in [0.1, 0.15) is 0 Å². The van der Waals surface area contributed by atoms with Gasteiger partial charge in [-0.2, -0.15) is 0 Å². The van der Waals surface area contributed by atoms with Gasteiger partial charge in [-0.1, -0.05) is 38.1 Å². The molecule has 0 aliphatic carbocycles. The minimum absolute atomic E-state index is 0.486. The van der Waals surface area contributed by atoms with E-state index in [2.05, 4.69) is 58.6 Å². The molecule has 2 N–H and O–H groups in total. The SMILES string of the molecule is CCOCCOCc1cccc(CNC(=NC)NCC(CC(C)C)N2CCOCC2)c1. The van der Waals surface area contributed by atoms with Gasteiger partial charge in [-0.25, -0.2) is 0 Å². The highest BCUT2D eigenvalue weighted by Crippen LogP contribution is 2.13. The largest absolute Gasteiger partial charge is 0.379 e.